The summed E-state index contributed by atoms with van der Waals surface area (Å²) in [5, 5.41) is 3.60. The van der Waals surface area contributed by atoms with E-state index in [-0.39, 0.29) is 17.3 Å². The first-order valence-corrected chi connectivity index (χ1v) is 12.2. The third-order valence-electron chi connectivity index (χ3n) is 7.22. The largest absolute Gasteiger partial charge is 0.381 e. The molecular formula is C25H38FN3O3. The SMILES string of the molecule is CN=C(NCC1(c2cccc(F)c2)CCOCC1)N1CCC(OCC2CCCCO2)CC1. The van der Waals surface area contributed by atoms with Crippen LogP contribution in [0.2, 0.25) is 0 Å². The molecule has 1 atom stereocenters. The maximum absolute atomic E-state index is 14.0. The van der Waals surface area contributed by atoms with Crippen LogP contribution in [0.4, 0.5) is 4.39 Å². The first-order valence-electron chi connectivity index (χ1n) is 12.2. The van der Waals surface area contributed by atoms with Crippen molar-refractivity contribution in [3.8, 4) is 0 Å². The molecule has 0 aliphatic carbocycles. The number of hydrogen-bond acceptors (Lipinski definition) is 4. The molecule has 4 rings (SSSR count). The zero-order chi connectivity index (χ0) is 22.2. The molecular weight excluding hydrogens is 409 g/mol. The van der Waals surface area contributed by atoms with Crippen LogP contribution in [0.5, 0.6) is 0 Å². The fourth-order valence-corrected chi connectivity index (χ4v) is 5.15. The second-order valence-electron chi connectivity index (χ2n) is 9.31. The lowest BCUT2D eigenvalue weighted by atomic mass is 9.74. The molecule has 3 fully saturated rings. The van der Waals surface area contributed by atoms with Crippen LogP contribution in [0.25, 0.3) is 0 Å². The molecule has 6 nitrogen and oxygen atoms in total. The zero-order valence-electron chi connectivity index (χ0n) is 19.4. The third kappa shape index (κ3) is 6.00. The zero-order valence-corrected chi connectivity index (χ0v) is 19.4. The van der Waals surface area contributed by atoms with Gasteiger partial charge in [-0.25, -0.2) is 4.39 Å². The predicted molar refractivity (Wildman–Crippen MR) is 124 cm³/mol. The molecule has 3 aliphatic rings. The smallest absolute Gasteiger partial charge is 0.193 e. The van der Waals surface area contributed by atoms with E-state index in [9.17, 15) is 4.39 Å². The summed E-state index contributed by atoms with van der Waals surface area (Å²) in [5.41, 5.74) is 0.901. The van der Waals surface area contributed by atoms with Gasteiger partial charge in [-0.05, 0) is 62.6 Å². The molecule has 178 valence electrons. The Morgan fingerprint density at radius 3 is 2.69 bits per heavy atom. The second-order valence-corrected chi connectivity index (χ2v) is 9.31. The summed E-state index contributed by atoms with van der Waals surface area (Å²) < 4.78 is 31.5. The number of nitrogens with one attached hydrogen (secondary N) is 1. The van der Waals surface area contributed by atoms with Crippen LogP contribution < -0.4 is 5.32 Å². The Kier molecular flexibility index (Phi) is 8.38. The molecule has 1 aromatic rings. The fraction of sp³-hybridized carbons (Fsp3) is 0.720. The lowest BCUT2D eigenvalue weighted by Gasteiger charge is -2.40. The number of ether oxygens (including phenoxy) is 3. The second kappa shape index (κ2) is 11.4. The number of aliphatic imine (C=N–C) groups is 1. The lowest BCUT2D eigenvalue weighted by Crippen LogP contribution is -2.51. The van der Waals surface area contributed by atoms with Crippen molar-refractivity contribution in [1.29, 1.82) is 0 Å². The highest BCUT2D eigenvalue weighted by Gasteiger charge is 2.35. The number of nitrogens with zero attached hydrogens (tertiary/aromatic N) is 2. The summed E-state index contributed by atoms with van der Waals surface area (Å²) in [5.74, 6) is 0.736. The average Bonchev–Trinajstić information content (AvgIpc) is 2.85. The third-order valence-corrected chi connectivity index (χ3v) is 7.22. The van der Waals surface area contributed by atoms with E-state index < -0.39 is 0 Å². The average molecular weight is 448 g/mol. The van der Waals surface area contributed by atoms with Crippen LogP contribution in [0.1, 0.15) is 50.5 Å². The van der Waals surface area contributed by atoms with Crippen LogP contribution in [0.15, 0.2) is 29.3 Å². The Bertz CT molecular complexity index is 740. The number of hydrogen-bond donors (Lipinski definition) is 1. The first-order chi connectivity index (χ1) is 15.7. The molecule has 0 amide bonds. The molecule has 3 saturated heterocycles. The van der Waals surface area contributed by atoms with Gasteiger partial charge < -0.3 is 24.4 Å². The number of piperidine rings is 1. The minimum Gasteiger partial charge on any atom is -0.381 e. The molecule has 32 heavy (non-hydrogen) atoms. The summed E-state index contributed by atoms with van der Waals surface area (Å²) >= 11 is 0. The summed E-state index contributed by atoms with van der Waals surface area (Å²) in [4.78, 5) is 6.86. The monoisotopic (exact) mass is 447 g/mol. The van der Waals surface area contributed by atoms with E-state index in [0.717, 1.165) is 76.5 Å². The highest BCUT2D eigenvalue weighted by molar-refractivity contribution is 5.80. The van der Waals surface area contributed by atoms with Gasteiger partial charge in [0.15, 0.2) is 5.96 Å². The van der Waals surface area contributed by atoms with Crippen molar-refractivity contribution in [3.63, 3.8) is 0 Å². The maximum atomic E-state index is 14.0. The van der Waals surface area contributed by atoms with Crippen molar-refractivity contribution in [2.24, 2.45) is 4.99 Å². The number of halogens is 1. The quantitative estimate of drug-likeness (QED) is 0.534. The number of guanidine groups is 1. The van der Waals surface area contributed by atoms with E-state index in [1.54, 1.807) is 12.1 Å². The molecule has 1 unspecified atom stereocenters. The standard InChI is InChI=1S/C25H38FN3O3/c1-27-24(29-12-8-22(9-13-29)32-18-23-7-2-3-14-31-23)28-19-25(10-15-30-16-11-25)20-5-4-6-21(26)17-20/h4-6,17,22-23H,2-3,7-16,18-19H2,1H3,(H,27,28). The fourth-order valence-electron chi connectivity index (χ4n) is 5.15. The van der Waals surface area contributed by atoms with Crippen LogP contribution >= 0.6 is 0 Å². The molecule has 0 aromatic heterocycles. The maximum Gasteiger partial charge on any atom is 0.193 e. The van der Waals surface area contributed by atoms with E-state index in [0.29, 0.717) is 19.3 Å². The van der Waals surface area contributed by atoms with Gasteiger partial charge in [0.1, 0.15) is 5.82 Å². The Morgan fingerprint density at radius 1 is 1.19 bits per heavy atom. The summed E-state index contributed by atoms with van der Waals surface area (Å²) in [7, 11) is 1.84. The van der Waals surface area contributed by atoms with Gasteiger partial charge in [-0.2, -0.15) is 0 Å². The Balaban J connectivity index is 1.29. The summed E-state index contributed by atoms with van der Waals surface area (Å²) in [6.07, 6.45) is 7.85. The number of rotatable bonds is 6. The van der Waals surface area contributed by atoms with E-state index in [1.807, 2.05) is 13.1 Å². The Hall–Kier alpha value is -1.70. The van der Waals surface area contributed by atoms with Gasteiger partial charge in [0, 0.05) is 51.9 Å². The van der Waals surface area contributed by atoms with E-state index in [4.69, 9.17) is 14.2 Å². The molecule has 7 heteroatoms. The van der Waals surface area contributed by atoms with Gasteiger partial charge in [0.25, 0.3) is 0 Å². The van der Waals surface area contributed by atoms with Crippen molar-refractivity contribution < 1.29 is 18.6 Å². The molecule has 3 aliphatic heterocycles. The molecule has 1 N–H and O–H groups in total. The van der Waals surface area contributed by atoms with Crippen LogP contribution in [-0.2, 0) is 19.6 Å². The van der Waals surface area contributed by atoms with E-state index >= 15 is 0 Å². The molecule has 3 heterocycles. The minimum atomic E-state index is -0.182. The highest BCUT2D eigenvalue weighted by Crippen LogP contribution is 2.34. The predicted octanol–water partition coefficient (Wildman–Crippen LogP) is 3.50. The van der Waals surface area contributed by atoms with Crippen molar-refractivity contribution in [2.75, 3.05) is 53.1 Å². The summed E-state index contributed by atoms with van der Waals surface area (Å²) in [6.45, 7) is 5.56. The molecule has 0 saturated carbocycles. The van der Waals surface area contributed by atoms with E-state index in [2.05, 4.69) is 15.2 Å². The van der Waals surface area contributed by atoms with Crippen molar-refractivity contribution >= 4 is 5.96 Å². The van der Waals surface area contributed by atoms with Gasteiger partial charge in [0.2, 0.25) is 0 Å². The van der Waals surface area contributed by atoms with Gasteiger partial charge in [0.05, 0.1) is 18.8 Å². The molecule has 0 spiro atoms. The van der Waals surface area contributed by atoms with Crippen LogP contribution in [0.3, 0.4) is 0 Å². The molecule has 0 radical (unpaired) electrons. The highest BCUT2D eigenvalue weighted by atomic mass is 19.1. The number of likely N-dealkylation sites (tertiary alicyclic amines) is 1. The van der Waals surface area contributed by atoms with Crippen LogP contribution in [0, 0.1) is 5.82 Å². The van der Waals surface area contributed by atoms with Gasteiger partial charge in [-0.3, -0.25) is 4.99 Å². The van der Waals surface area contributed by atoms with Gasteiger partial charge in [-0.15, -0.1) is 0 Å². The van der Waals surface area contributed by atoms with Crippen LogP contribution in [-0.4, -0.2) is 76.2 Å². The normalized spacial score (nSPS) is 25.0. The van der Waals surface area contributed by atoms with Gasteiger partial charge >= 0.3 is 0 Å². The van der Waals surface area contributed by atoms with Crippen molar-refractivity contribution in [2.45, 2.75) is 62.6 Å². The van der Waals surface area contributed by atoms with Crippen molar-refractivity contribution in [1.82, 2.24) is 10.2 Å². The lowest BCUT2D eigenvalue weighted by molar-refractivity contribution is -0.0721. The molecule has 1 aromatic carbocycles. The van der Waals surface area contributed by atoms with Gasteiger partial charge in [-0.1, -0.05) is 12.1 Å². The Labute approximate surface area is 191 Å². The molecule has 0 bridgehead atoms. The van der Waals surface area contributed by atoms with Crippen molar-refractivity contribution in [3.05, 3.63) is 35.6 Å². The topological polar surface area (TPSA) is 55.3 Å². The first kappa shape index (κ1) is 23.5. The summed E-state index contributed by atoms with van der Waals surface area (Å²) in [6, 6.07) is 7.03. The number of benzene rings is 1. The minimum absolute atomic E-state index is 0.141. The van der Waals surface area contributed by atoms with E-state index in [1.165, 1.54) is 18.9 Å². The Morgan fingerprint density at radius 2 is 2.00 bits per heavy atom.